The number of aliphatic carboxylic acids is 1. The Morgan fingerprint density at radius 1 is 1.48 bits per heavy atom. The molecule has 0 saturated carbocycles. The molecule has 2 heterocycles. The number of amides is 1. The molecule has 1 amide bonds. The molecule has 8 nitrogen and oxygen atoms in total. The second kappa shape index (κ2) is 6.62. The first-order valence-corrected chi connectivity index (χ1v) is 6.09. The molecule has 0 radical (unpaired) electrons. The Morgan fingerprint density at radius 3 is 2.81 bits per heavy atom. The molecule has 2 aromatic rings. The molecule has 1 unspecified atom stereocenters. The van der Waals surface area contributed by atoms with Crippen molar-refractivity contribution in [2.45, 2.75) is 6.04 Å². The van der Waals surface area contributed by atoms with Gasteiger partial charge in [0.2, 0.25) is 0 Å². The molecule has 2 rings (SSSR count). The highest BCUT2D eigenvalue weighted by atomic mass is 16.5. The Morgan fingerprint density at radius 2 is 2.29 bits per heavy atom. The fourth-order valence-corrected chi connectivity index (χ4v) is 1.65. The van der Waals surface area contributed by atoms with E-state index in [1.54, 1.807) is 35.4 Å². The Labute approximate surface area is 120 Å². The molecule has 2 N–H and O–H groups in total. The second-order valence-corrected chi connectivity index (χ2v) is 4.19. The summed E-state index contributed by atoms with van der Waals surface area (Å²) in [6.07, 6.45) is 6.29. The molecule has 0 aliphatic heterocycles. The lowest BCUT2D eigenvalue weighted by molar-refractivity contribution is -0.140. The zero-order chi connectivity index (χ0) is 15.2. The largest absolute Gasteiger partial charge is 0.480 e. The van der Waals surface area contributed by atoms with E-state index in [0.29, 0.717) is 5.82 Å². The number of hydrogen-bond acceptors (Lipinski definition) is 5. The number of nitrogens with one attached hydrogen (secondary N) is 1. The van der Waals surface area contributed by atoms with Gasteiger partial charge in [-0.2, -0.15) is 0 Å². The molecule has 0 aliphatic carbocycles. The Balaban J connectivity index is 2.07. The summed E-state index contributed by atoms with van der Waals surface area (Å²) in [6.45, 7) is -0.110. The first-order chi connectivity index (χ1) is 10.1. The highest BCUT2D eigenvalue weighted by Gasteiger charge is 2.20. The molecule has 1 atom stereocenters. The van der Waals surface area contributed by atoms with Gasteiger partial charge in [-0.05, 0) is 12.1 Å². The molecule has 110 valence electrons. The van der Waals surface area contributed by atoms with E-state index in [9.17, 15) is 9.59 Å². The highest BCUT2D eigenvalue weighted by molar-refractivity contribution is 5.96. The maximum Gasteiger partial charge on any atom is 0.328 e. The minimum absolute atomic E-state index is 0.110. The van der Waals surface area contributed by atoms with Crippen molar-refractivity contribution in [2.75, 3.05) is 13.7 Å². The van der Waals surface area contributed by atoms with Crippen molar-refractivity contribution in [3.63, 3.8) is 0 Å². The van der Waals surface area contributed by atoms with Crippen molar-refractivity contribution in [3.8, 4) is 5.82 Å². The lowest BCUT2D eigenvalue weighted by atomic mass is 10.2. The molecule has 2 aromatic heterocycles. The van der Waals surface area contributed by atoms with Crippen molar-refractivity contribution in [1.82, 2.24) is 19.9 Å². The average molecular weight is 290 g/mol. The van der Waals surface area contributed by atoms with Crippen LogP contribution in [0.5, 0.6) is 0 Å². The molecule has 0 spiro atoms. The smallest absolute Gasteiger partial charge is 0.328 e. The van der Waals surface area contributed by atoms with Crippen molar-refractivity contribution in [3.05, 3.63) is 42.6 Å². The molecule has 21 heavy (non-hydrogen) atoms. The average Bonchev–Trinajstić information content (AvgIpc) is 3.01. The van der Waals surface area contributed by atoms with E-state index in [1.807, 2.05) is 0 Å². The van der Waals surface area contributed by atoms with Gasteiger partial charge in [-0.25, -0.2) is 14.8 Å². The molecule has 0 fully saturated rings. The lowest BCUT2D eigenvalue weighted by Gasteiger charge is -2.13. The molecule has 0 bridgehead atoms. The van der Waals surface area contributed by atoms with Crippen LogP contribution in [0, 0.1) is 0 Å². The third-order valence-corrected chi connectivity index (χ3v) is 2.72. The van der Waals surface area contributed by atoms with Crippen molar-refractivity contribution in [1.29, 1.82) is 0 Å². The summed E-state index contributed by atoms with van der Waals surface area (Å²) in [5, 5.41) is 11.3. The summed E-state index contributed by atoms with van der Waals surface area (Å²) in [4.78, 5) is 30.9. The number of carbonyl (C=O) groups excluding carboxylic acids is 1. The third-order valence-electron chi connectivity index (χ3n) is 2.72. The maximum atomic E-state index is 11.9. The van der Waals surface area contributed by atoms with E-state index < -0.39 is 17.9 Å². The zero-order valence-corrected chi connectivity index (χ0v) is 11.3. The van der Waals surface area contributed by atoms with Crippen LogP contribution in [0.3, 0.4) is 0 Å². The number of aromatic nitrogens is 3. The molecule has 8 heteroatoms. The van der Waals surface area contributed by atoms with E-state index in [1.165, 1.54) is 13.3 Å². The molecular formula is C13H14N4O4. The number of carboxylic acids is 1. The van der Waals surface area contributed by atoms with E-state index in [4.69, 9.17) is 9.84 Å². The SMILES string of the molecule is COCC(NC(=O)c1ccc(-n2ccnc2)nc1)C(=O)O. The number of carbonyl (C=O) groups is 2. The Hall–Kier alpha value is -2.74. The first-order valence-electron chi connectivity index (χ1n) is 6.09. The van der Waals surface area contributed by atoms with Gasteiger partial charge in [0, 0.05) is 25.7 Å². The summed E-state index contributed by atoms with van der Waals surface area (Å²) < 4.78 is 6.44. The van der Waals surface area contributed by atoms with Crippen LogP contribution in [0.15, 0.2) is 37.1 Å². The number of ether oxygens (including phenoxy) is 1. The van der Waals surface area contributed by atoms with Crippen LogP contribution >= 0.6 is 0 Å². The predicted octanol–water partition coefficient (Wildman–Crippen LogP) is 0.0967. The van der Waals surface area contributed by atoms with E-state index >= 15 is 0 Å². The number of hydrogen-bond donors (Lipinski definition) is 2. The van der Waals surface area contributed by atoms with Crippen LogP contribution in [0.2, 0.25) is 0 Å². The molecule has 0 saturated heterocycles. The number of carboxylic acid groups (broad SMARTS) is 1. The quantitative estimate of drug-likeness (QED) is 0.781. The topological polar surface area (TPSA) is 106 Å². The number of nitrogens with zero attached hydrogens (tertiary/aromatic N) is 3. The minimum atomic E-state index is -1.16. The van der Waals surface area contributed by atoms with Gasteiger partial charge >= 0.3 is 5.97 Å². The third kappa shape index (κ3) is 3.63. The second-order valence-electron chi connectivity index (χ2n) is 4.19. The number of pyridine rings is 1. The van der Waals surface area contributed by atoms with Crippen molar-refractivity contribution in [2.24, 2.45) is 0 Å². The van der Waals surface area contributed by atoms with E-state index in [-0.39, 0.29) is 12.2 Å². The summed E-state index contributed by atoms with van der Waals surface area (Å²) in [7, 11) is 1.36. The molecule has 0 aromatic carbocycles. The normalized spacial score (nSPS) is 11.9. The molecular weight excluding hydrogens is 276 g/mol. The van der Waals surface area contributed by atoms with E-state index in [2.05, 4.69) is 15.3 Å². The fraction of sp³-hybridized carbons (Fsp3) is 0.231. The standard InChI is InChI=1S/C13H14N4O4/c1-21-7-10(13(19)20)16-12(18)9-2-3-11(15-6-9)17-5-4-14-8-17/h2-6,8,10H,7H2,1H3,(H,16,18)(H,19,20). The van der Waals surface area contributed by atoms with Gasteiger partial charge in [-0.15, -0.1) is 0 Å². The molecule has 0 aliphatic rings. The predicted molar refractivity (Wildman–Crippen MR) is 72.1 cm³/mol. The van der Waals surface area contributed by atoms with E-state index in [0.717, 1.165) is 0 Å². The van der Waals surface area contributed by atoms with Gasteiger partial charge < -0.3 is 15.2 Å². The van der Waals surface area contributed by atoms with Gasteiger partial charge in [0.1, 0.15) is 12.1 Å². The highest BCUT2D eigenvalue weighted by Crippen LogP contribution is 2.05. The van der Waals surface area contributed by atoms with Crippen LogP contribution in [-0.4, -0.2) is 51.3 Å². The van der Waals surface area contributed by atoms with Crippen molar-refractivity contribution >= 4 is 11.9 Å². The van der Waals surface area contributed by atoms with Gasteiger partial charge in [0.15, 0.2) is 6.04 Å². The number of imidazole rings is 1. The monoisotopic (exact) mass is 290 g/mol. The summed E-state index contributed by atoms with van der Waals surface area (Å²) in [6, 6.07) is 2.10. The van der Waals surface area contributed by atoms with Gasteiger partial charge in [0.05, 0.1) is 12.2 Å². The van der Waals surface area contributed by atoms with Gasteiger partial charge in [-0.3, -0.25) is 9.36 Å². The maximum absolute atomic E-state index is 11.9. The minimum Gasteiger partial charge on any atom is -0.480 e. The first kappa shape index (κ1) is 14.7. The zero-order valence-electron chi connectivity index (χ0n) is 11.3. The van der Waals surface area contributed by atoms with Crippen LogP contribution < -0.4 is 5.32 Å². The van der Waals surface area contributed by atoms with Crippen LogP contribution in [-0.2, 0) is 9.53 Å². The summed E-state index contributed by atoms with van der Waals surface area (Å²) in [5.41, 5.74) is 0.265. The lowest BCUT2D eigenvalue weighted by Crippen LogP contribution is -2.43. The Kier molecular flexibility index (Phi) is 4.62. The fourth-order valence-electron chi connectivity index (χ4n) is 1.65. The summed E-state index contributed by atoms with van der Waals surface area (Å²) in [5.74, 6) is -1.08. The summed E-state index contributed by atoms with van der Waals surface area (Å²) >= 11 is 0. The van der Waals surface area contributed by atoms with Gasteiger partial charge in [-0.1, -0.05) is 0 Å². The van der Waals surface area contributed by atoms with Crippen LogP contribution in [0.4, 0.5) is 0 Å². The van der Waals surface area contributed by atoms with Crippen molar-refractivity contribution < 1.29 is 19.4 Å². The van der Waals surface area contributed by atoms with Crippen LogP contribution in [0.1, 0.15) is 10.4 Å². The number of methoxy groups -OCH3 is 1. The van der Waals surface area contributed by atoms with Crippen LogP contribution in [0.25, 0.3) is 5.82 Å². The Bertz CT molecular complexity index is 610. The van der Waals surface area contributed by atoms with Gasteiger partial charge in [0.25, 0.3) is 5.91 Å². The number of rotatable bonds is 6.